The normalized spacial score (nSPS) is 13.3. The summed E-state index contributed by atoms with van der Waals surface area (Å²) in [6, 6.07) is 5.04. The largest absolute Gasteiger partial charge is 0.416 e. The molecular formula is C14H18F3NOS. The molecule has 1 N–H and O–H groups in total. The van der Waals surface area contributed by atoms with Crippen molar-refractivity contribution in [3.63, 3.8) is 0 Å². The van der Waals surface area contributed by atoms with Gasteiger partial charge in [0.2, 0.25) is 5.91 Å². The number of nitrogens with one attached hydrogen (secondary N) is 1. The number of carbonyl (C=O) groups is 1. The number of halogens is 3. The van der Waals surface area contributed by atoms with Crippen LogP contribution in [-0.4, -0.2) is 17.7 Å². The van der Waals surface area contributed by atoms with Gasteiger partial charge in [-0.05, 0) is 31.0 Å². The highest BCUT2D eigenvalue weighted by molar-refractivity contribution is 8.00. The van der Waals surface area contributed by atoms with Crippen molar-refractivity contribution in [1.29, 1.82) is 0 Å². The minimum absolute atomic E-state index is 0.0459. The Kier molecular flexibility index (Phi) is 5.92. The van der Waals surface area contributed by atoms with E-state index in [0.717, 1.165) is 23.9 Å². The summed E-state index contributed by atoms with van der Waals surface area (Å²) in [5.74, 6) is 0.254. The zero-order valence-electron chi connectivity index (χ0n) is 11.6. The lowest BCUT2D eigenvalue weighted by Crippen LogP contribution is -2.37. The predicted octanol–water partition coefficient (Wildman–Crippen LogP) is 3.96. The maximum atomic E-state index is 12.5. The molecule has 0 aromatic heterocycles. The maximum Gasteiger partial charge on any atom is 0.416 e. The molecule has 2 nitrogen and oxygen atoms in total. The number of carbonyl (C=O) groups excluding carboxylic acids is 1. The number of thioether (sulfide) groups is 1. The van der Waals surface area contributed by atoms with Crippen molar-refractivity contribution < 1.29 is 18.0 Å². The highest BCUT2D eigenvalue weighted by Crippen LogP contribution is 2.31. The van der Waals surface area contributed by atoms with Crippen LogP contribution in [0.1, 0.15) is 26.3 Å². The molecular weight excluding hydrogens is 287 g/mol. The lowest BCUT2D eigenvalue weighted by Gasteiger charge is -2.17. The van der Waals surface area contributed by atoms with Crippen LogP contribution in [0.15, 0.2) is 29.2 Å². The van der Waals surface area contributed by atoms with E-state index in [2.05, 4.69) is 5.32 Å². The van der Waals surface area contributed by atoms with Crippen molar-refractivity contribution >= 4 is 17.7 Å². The van der Waals surface area contributed by atoms with E-state index >= 15 is 0 Å². The molecule has 112 valence electrons. The van der Waals surface area contributed by atoms with Crippen LogP contribution in [0.5, 0.6) is 0 Å². The molecule has 20 heavy (non-hydrogen) atoms. The molecule has 0 spiro atoms. The Balaban J connectivity index is 2.56. The third-order valence-corrected chi connectivity index (χ3v) is 3.91. The van der Waals surface area contributed by atoms with E-state index < -0.39 is 11.7 Å². The number of hydrogen-bond donors (Lipinski definition) is 1. The van der Waals surface area contributed by atoms with Gasteiger partial charge in [0.1, 0.15) is 0 Å². The summed E-state index contributed by atoms with van der Waals surface area (Å²) < 4.78 is 37.6. The zero-order valence-corrected chi connectivity index (χ0v) is 12.4. The molecule has 0 aliphatic carbocycles. The summed E-state index contributed by atoms with van der Waals surface area (Å²) >= 11 is 1.10. The van der Waals surface area contributed by atoms with Gasteiger partial charge in [-0.3, -0.25) is 4.79 Å². The van der Waals surface area contributed by atoms with Gasteiger partial charge >= 0.3 is 6.18 Å². The number of hydrogen-bond acceptors (Lipinski definition) is 2. The fourth-order valence-electron chi connectivity index (χ4n) is 1.37. The van der Waals surface area contributed by atoms with E-state index in [0.29, 0.717) is 10.8 Å². The first-order valence-corrected chi connectivity index (χ1v) is 7.28. The first kappa shape index (κ1) is 16.9. The third kappa shape index (κ3) is 5.45. The molecule has 0 aliphatic heterocycles. The van der Waals surface area contributed by atoms with Crippen molar-refractivity contribution in [3.05, 3.63) is 29.8 Å². The minimum atomic E-state index is -4.36. The molecule has 1 unspecified atom stereocenters. The second kappa shape index (κ2) is 7.02. The molecule has 0 bridgehead atoms. The molecule has 0 saturated carbocycles. The van der Waals surface area contributed by atoms with Crippen LogP contribution in [-0.2, 0) is 11.0 Å². The molecule has 0 fully saturated rings. The average Bonchev–Trinajstić information content (AvgIpc) is 2.35. The molecule has 0 radical (unpaired) electrons. The van der Waals surface area contributed by atoms with E-state index in [1.807, 2.05) is 20.8 Å². The van der Waals surface area contributed by atoms with Gasteiger partial charge in [-0.15, -0.1) is 11.8 Å². The van der Waals surface area contributed by atoms with Gasteiger partial charge < -0.3 is 5.32 Å². The van der Waals surface area contributed by atoms with Gasteiger partial charge in [0.05, 0.1) is 11.3 Å². The van der Waals surface area contributed by atoms with Crippen LogP contribution < -0.4 is 5.32 Å². The summed E-state index contributed by atoms with van der Waals surface area (Å²) in [7, 11) is 0. The fraction of sp³-hybridized carbons (Fsp3) is 0.500. The van der Waals surface area contributed by atoms with Crippen LogP contribution in [0.4, 0.5) is 13.2 Å². The Hall–Kier alpha value is -1.17. The van der Waals surface area contributed by atoms with Gasteiger partial charge in [-0.2, -0.15) is 13.2 Å². The van der Waals surface area contributed by atoms with Crippen molar-refractivity contribution in [2.24, 2.45) is 5.92 Å². The number of benzene rings is 1. The van der Waals surface area contributed by atoms with E-state index in [1.54, 1.807) is 6.07 Å². The second-order valence-electron chi connectivity index (χ2n) is 4.91. The summed E-state index contributed by atoms with van der Waals surface area (Å²) in [6.07, 6.45) is -4.36. The van der Waals surface area contributed by atoms with Gasteiger partial charge in [0.25, 0.3) is 0 Å². The second-order valence-corrected chi connectivity index (χ2v) is 5.96. The lowest BCUT2D eigenvalue weighted by molar-refractivity contribution is -0.137. The van der Waals surface area contributed by atoms with Crippen LogP contribution in [0.25, 0.3) is 0 Å². The first-order chi connectivity index (χ1) is 9.20. The van der Waals surface area contributed by atoms with Crippen molar-refractivity contribution in [2.45, 2.75) is 37.9 Å². The van der Waals surface area contributed by atoms with Gasteiger partial charge in [0.15, 0.2) is 0 Å². The standard InChI is InChI=1S/C14H18F3NOS/c1-9(2)10(3)18-13(19)8-20-12-6-4-5-11(7-12)14(15,16)17/h4-7,9-10H,8H2,1-3H3,(H,18,19). The smallest absolute Gasteiger partial charge is 0.353 e. The predicted molar refractivity (Wildman–Crippen MR) is 74.6 cm³/mol. The quantitative estimate of drug-likeness (QED) is 0.834. The SMILES string of the molecule is CC(C)C(C)NC(=O)CSc1cccc(C(F)(F)F)c1. The third-order valence-electron chi connectivity index (χ3n) is 2.92. The van der Waals surface area contributed by atoms with Gasteiger partial charge in [0, 0.05) is 10.9 Å². The Morgan fingerprint density at radius 3 is 2.50 bits per heavy atom. The van der Waals surface area contributed by atoms with Crippen LogP contribution in [0.3, 0.4) is 0 Å². The van der Waals surface area contributed by atoms with E-state index in [-0.39, 0.29) is 17.7 Å². The average molecular weight is 305 g/mol. The first-order valence-electron chi connectivity index (χ1n) is 6.29. The fourth-order valence-corrected chi connectivity index (χ4v) is 2.14. The molecule has 0 saturated heterocycles. The Bertz CT molecular complexity index is 460. The number of rotatable bonds is 5. The summed E-state index contributed by atoms with van der Waals surface area (Å²) in [4.78, 5) is 12.1. The van der Waals surface area contributed by atoms with E-state index in [9.17, 15) is 18.0 Å². The summed E-state index contributed by atoms with van der Waals surface area (Å²) in [5, 5.41) is 2.81. The highest BCUT2D eigenvalue weighted by Gasteiger charge is 2.30. The molecule has 1 atom stereocenters. The monoisotopic (exact) mass is 305 g/mol. The Morgan fingerprint density at radius 2 is 1.95 bits per heavy atom. The van der Waals surface area contributed by atoms with Crippen molar-refractivity contribution in [2.75, 3.05) is 5.75 Å². The highest BCUT2D eigenvalue weighted by atomic mass is 32.2. The topological polar surface area (TPSA) is 29.1 Å². The zero-order chi connectivity index (χ0) is 15.3. The number of alkyl halides is 3. The van der Waals surface area contributed by atoms with Crippen molar-refractivity contribution in [1.82, 2.24) is 5.32 Å². The Morgan fingerprint density at radius 1 is 1.30 bits per heavy atom. The summed E-state index contributed by atoms with van der Waals surface area (Å²) in [5.41, 5.74) is -0.696. The molecule has 1 rings (SSSR count). The maximum absolute atomic E-state index is 12.5. The van der Waals surface area contributed by atoms with Crippen LogP contribution >= 0.6 is 11.8 Å². The molecule has 6 heteroatoms. The van der Waals surface area contributed by atoms with Crippen LogP contribution in [0, 0.1) is 5.92 Å². The minimum Gasteiger partial charge on any atom is -0.353 e. The lowest BCUT2D eigenvalue weighted by atomic mass is 10.1. The van der Waals surface area contributed by atoms with Gasteiger partial charge in [-0.1, -0.05) is 19.9 Å². The van der Waals surface area contributed by atoms with Crippen LogP contribution in [0.2, 0.25) is 0 Å². The van der Waals surface area contributed by atoms with E-state index in [4.69, 9.17) is 0 Å². The molecule has 1 amide bonds. The van der Waals surface area contributed by atoms with Crippen molar-refractivity contribution in [3.8, 4) is 0 Å². The number of amides is 1. The molecule has 1 aromatic carbocycles. The molecule has 0 aliphatic rings. The Labute approximate surface area is 121 Å². The summed E-state index contributed by atoms with van der Waals surface area (Å²) in [6.45, 7) is 5.88. The van der Waals surface area contributed by atoms with E-state index in [1.165, 1.54) is 6.07 Å². The molecule has 0 heterocycles. The molecule has 1 aromatic rings. The van der Waals surface area contributed by atoms with Gasteiger partial charge in [-0.25, -0.2) is 0 Å².